The molecular weight excluding hydrogens is 214 g/mol. The molecule has 0 saturated carbocycles. The zero-order valence-corrected chi connectivity index (χ0v) is 10.7. The summed E-state index contributed by atoms with van der Waals surface area (Å²) >= 11 is 0. The average Bonchev–Trinajstić information content (AvgIpc) is 2.32. The lowest BCUT2D eigenvalue weighted by Gasteiger charge is -2.09. The van der Waals surface area contributed by atoms with Crippen molar-refractivity contribution in [3.63, 3.8) is 0 Å². The van der Waals surface area contributed by atoms with Crippen molar-refractivity contribution in [1.82, 2.24) is 4.98 Å². The van der Waals surface area contributed by atoms with Crippen molar-refractivity contribution in [1.29, 1.82) is 0 Å². The van der Waals surface area contributed by atoms with Gasteiger partial charge in [-0.2, -0.15) is 0 Å². The van der Waals surface area contributed by atoms with E-state index in [1.54, 1.807) is 0 Å². The summed E-state index contributed by atoms with van der Waals surface area (Å²) in [5, 5.41) is 15.6. The summed E-state index contributed by atoms with van der Waals surface area (Å²) in [6.07, 6.45) is 2.64. The normalized spacial score (nSPS) is 12.2. The summed E-state index contributed by atoms with van der Waals surface area (Å²) in [5.74, 6) is 1.80. The van der Waals surface area contributed by atoms with Gasteiger partial charge in [-0.1, -0.05) is 13.0 Å². The van der Waals surface area contributed by atoms with Crippen LogP contribution < -0.4 is 10.6 Å². The molecule has 1 atom stereocenters. The Bertz CT molecular complexity index is 315. The van der Waals surface area contributed by atoms with Crippen LogP contribution in [0.2, 0.25) is 0 Å². The van der Waals surface area contributed by atoms with Crippen LogP contribution in [0.4, 0.5) is 11.6 Å². The molecule has 0 aromatic carbocycles. The Morgan fingerprint density at radius 3 is 2.47 bits per heavy atom. The number of rotatable bonds is 8. The number of aromatic nitrogens is 1. The minimum atomic E-state index is -0.220. The molecule has 1 aromatic rings. The Labute approximate surface area is 103 Å². The molecule has 4 heteroatoms. The van der Waals surface area contributed by atoms with Gasteiger partial charge >= 0.3 is 0 Å². The van der Waals surface area contributed by atoms with Crippen molar-refractivity contribution >= 4 is 11.6 Å². The van der Waals surface area contributed by atoms with Gasteiger partial charge in [-0.15, -0.1) is 0 Å². The first-order valence-electron chi connectivity index (χ1n) is 6.35. The molecule has 0 spiro atoms. The lowest BCUT2D eigenvalue weighted by Crippen LogP contribution is -2.08. The molecule has 4 nitrogen and oxygen atoms in total. The number of aliphatic hydroxyl groups excluding tert-OH is 1. The van der Waals surface area contributed by atoms with Gasteiger partial charge in [-0.25, -0.2) is 4.98 Å². The van der Waals surface area contributed by atoms with Crippen LogP contribution in [0.25, 0.3) is 0 Å². The van der Waals surface area contributed by atoms with E-state index in [-0.39, 0.29) is 6.10 Å². The van der Waals surface area contributed by atoms with Crippen LogP contribution in [0.15, 0.2) is 18.2 Å². The predicted octanol–water partition coefficient (Wildman–Crippen LogP) is 2.48. The van der Waals surface area contributed by atoms with E-state index in [9.17, 15) is 0 Å². The Hall–Kier alpha value is -1.29. The molecule has 1 aromatic heterocycles. The topological polar surface area (TPSA) is 57.2 Å². The lowest BCUT2D eigenvalue weighted by molar-refractivity contribution is 0.183. The largest absolute Gasteiger partial charge is 0.393 e. The standard InChI is InChI=1S/C13H23N3O/c1-3-9-14-12-7-4-8-13(16-12)15-10-5-6-11(2)17/h4,7-8,11,17H,3,5-6,9-10H2,1-2H3,(H2,14,15,16). The van der Waals surface area contributed by atoms with Gasteiger partial charge in [-0.05, 0) is 38.3 Å². The van der Waals surface area contributed by atoms with Crippen LogP contribution in [-0.4, -0.2) is 29.3 Å². The number of pyridine rings is 1. The Kier molecular flexibility index (Phi) is 6.40. The van der Waals surface area contributed by atoms with Crippen molar-refractivity contribution in [2.45, 2.75) is 39.2 Å². The minimum absolute atomic E-state index is 0.220. The third-order valence-electron chi connectivity index (χ3n) is 2.41. The first kappa shape index (κ1) is 13.8. The van der Waals surface area contributed by atoms with E-state index in [1.807, 2.05) is 25.1 Å². The molecule has 0 aliphatic heterocycles. The molecule has 0 amide bonds. The van der Waals surface area contributed by atoms with Crippen LogP contribution in [0.5, 0.6) is 0 Å². The number of nitrogens with zero attached hydrogens (tertiary/aromatic N) is 1. The number of anilines is 2. The molecule has 0 aliphatic rings. The van der Waals surface area contributed by atoms with Crippen molar-refractivity contribution in [3.05, 3.63) is 18.2 Å². The van der Waals surface area contributed by atoms with Gasteiger partial charge in [0.2, 0.25) is 0 Å². The van der Waals surface area contributed by atoms with E-state index < -0.39 is 0 Å². The van der Waals surface area contributed by atoms with Crippen molar-refractivity contribution in [2.24, 2.45) is 0 Å². The van der Waals surface area contributed by atoms with E-state index in [1.165, 1.54) is 0 Å². The molecule has 0 saturated heterocycles. The van der Waals surface area contributed by atoms with Gasteiger partial charge in [0.15, 0.2) is 0 Å². The molecule has 0 fully saturated rings. The van der Waals surface area contributed by atoms with Crippen molar-refractivity contribution in [2.75, 3.05) is 23.7 Å². The molecule has 1 rings (SSSR count). The van der Waals surface area contributed by atoms with Crippen LogP contribution in [-0.2, 0) is 0 Å². The second kappa shape index (κ2) is 7.90. The molecule has 1 heterocycles. The van der Waals surface area contributed by atoms with Gasteiger partial charge in [0.1, 0.15) is 11.6 Å². The fourth-order valence-corrected chi connectivity index (χ4v) is 1.50. The monoisotopic (exact) mass is 237 g/mol. The molecule has 96 valence electrons. The summed E-state index contributed by atoms with van der Waals surface area (Å²) in [6, 6.07) is 5.91. The molecule has 0 bridgehead atoms. The molecule has 17 heavy (non-hydrogen) atoms. The fourth-order valence-electron chi connectivity index (χ4n) is 1.50. The molecule has 1 unspecified atom stereocenters. The quantitative estimate of drug-likeness (QED) is 0.608. The van der Waals surface area contributed by atoms with Crippen LogP contribution in [0.3, 0.4) is 0 Å². The molecular formula is C13H23N3O. The minimum Gasteiger partial charge on any atom is -0.393 e. The fraction of sp³-hybridized carbons (Fsp3) is 0.615. The zero-order valence-electron chi connectivity index (χ0n) is 10.7. The third kappa shape index (κ3) is 6.12. The second-order valence-corrected chi connectivity index (χ2v) is 4.25. The lowest BCUT2D eigenvalue weighted by atomic mass is 10.2. The number of aliphatic hydroxyl groups is 1. The number of nitrogens with one attached hydrogen (secondary N) is 2. The highest BCUT2D eigenvalue weighted by Gasteiger charge is 1.98. The van der Waals surface area contributed by atoms with E-state index in [4.69, 9.17) is 5.11 Å². The maximum absolute atomic E-state index is 9.14. The second-order valence-electron chi connectivity index (χ2n) is 4.25. The van der Waals surface area contributed by atoms with Gasteiger partial charge in [0.05, 0.1) is 6.10 Å². The van der Waals surface area contributed by atoms with E-state index >= 15 is 0 Å². The Morgan fingerprint density at radius 2 is 1.88 bits per heavy atom. The highest BCUT2D eigenvalue weighted by atomic mass is 16.3. The zero-order chi connectivity index (χ0) is 12.5. The molecule has 3 N–H and O–H groups in total. The first-order valence-corrected chi connectivity index (χ1v) is 6.35. The van der Waals surface area contributed by atoms with Crippen molar-refractivity contribution in [3.8, 4) is 0 Å². The first-order chi connectivity index (χ1) is 8.22. The summed E-state index contributed by atoms with van der Waals surface area (Å²) in [7, 11) is 0. The van der Waals surface area contributed by atoms with Crippen LogP contribution in [0, 0.1) is 0 Å². The van der Waals surface area contributed by atoms with E-state index in [0.717, 1.165) is 44.0 Å². The van der Waals surface area contributed by atoms with Crippen molar-refractivity contribution < 1.29 is 5.11 Å². The summed E-state index contributed by atoms with van der Waals surface area (Å²) in [6.45, 7) is 5.73. The summed E-state index contributed by atoms with van der Waals surface area (Å²) < 4.78 is 0. The highest BCUT2D eigenvalue weighted by Crippen LogP contribution is 2.09. The molecule has 0 radical (unpaired) electrons. The highest BCUT2D eigenvalue weighted by molar-refractivity contribution is 5.44. The van der Waals surface area contributed by atoms with Gasteiger partial charge < -0.3 is 15.7 Å². The molecule has 0 aliphatic carbocycles. The Morgan fingerprint density at radius 1 is 1.24 bits per heavy atom. The van der Waals surface area contributed by atoms with Gasteiger partial charge in [0.25, 0.3) is 0 Å². The summed E-state index contributed by atoms with van der Waals surface area (Å²) in [5.41, 5.74) is 0. The maximum Gasteiger partial charge on any atom is 0.128 e. The number of hydrogen-bond acceptors (Lipinski definition) is 4. The summed E-state index contributed by atoms with van der Waals surface area (Å²) in [4.78, 5) is 4.44. The van der Waals surface area contributed by atoms with E-state index in [2.05, 4.69) is 22.5 Å². The Balaban J connectivity index is 2.32. The van der Waals surface area contributed by atoms with Crippen LogP contribution in [0.1, 0.15) is 33.1 Å². The van der Waals surface area contributed by atoms with Gasteiger partial charge in [0, 0.05) is 13.1 Å². The predicted molar refractivity (Wildman–Crippen MR) is 72.4 cm³/mol. The smallest absolute Gasteiger partial charge is 0.128 e. The SMILES string of the molecule is CCCNc1cccc(NCCCC(C)O)n1. The third-order valence-corrected chi connectivity index (χ3v) is 2.41. The number of hydrogen-bond donors (Lipinski definition) is 3. The van der Waals surface area contributed by atoms with Gasteiger partial charge in [-0.3, -0.25) is 0 Å². The van der Waals surface area contributed by atoms with Crippen LogP contribution >= 0.6 is 0 Å². The van der Waals surface area contributed by atoms with E-state index in [0.29, 0.717) is 0 Å². The maximum atomic E-state index is 9.14. The average molecular weight is 237 g/mol.